The molecule has 0 saturated carbocycles. The summed E-state index contributed by atoms with van der Waals surface area (Å²) in [6.45, 7) is 2.83. The van der Waals surface area contributed by atoms with Crippen LogP contribution in [0.15, 0.2) is 43.0 Å². The van der Waals surface area contributed by atoms with Crippen molar-refractivity contribution in [1.29, 1.82) is 0 Å². The Labute approximate surface area is 89.2 Å². The van der Waals surface area contributed by atoms with Gasteiger partial charge < -0.3 is 5.32 Å². The molecule has 0 amide bonds. The van der Waals surface area contributed by atoms with Crippen LogP contribution in [-0.2, 0) is 6.54 Å². The highest BCUT2D eigenvalue weighted by atomic mass is 14.9. The highest BCUT2D eigenvalue weighted by molar-refractivity contribution is 5.44. The molecule has 3 nitrogen and oxygen atoms in total. The Balaban J connectivity index is 1.96. The minimum atomic E-state index is 0.754. The van der Waals surface area contributed by atoms with Crippen LogP contribution >= 0.6 is 0 Å². The fraction of sp³-hybridized carbons (Fsp3) is 0.167. The van der Waals surface area contributed by atoms with Gasteiger partial charge in [0.15, 0.2) is 0 Å². The van der Waals surface area contributed by atoms with Crippen LogP contribution in [0.1, 0.15) is 11.1 Å². The first-order chi connectivity index (χ1) is 7.34. The van der Waals surface area contributed by atoms with Gasteiger partial charge in [0.2, 0.25) is 0 Å². The monoisotopic (exact) mass is 199 g/mol. The second kappa shape index (κ2) is 4.55. The number of nitrogens with zero attached hydrogens (tertiary/aromatic N) is 2. The lowest BCUT2D eigenvalue weighted by molar-refractivity contribution is 1.05. The smallest absolute Gasteiger partial charge is 0.115 e. The molecule has 1 N–H and O–H groups in total. The van der Waals surface area contributed by atoms with E-state index < -0.39 is 0 Å². The highest BCUT2D eigenvalue weighted by Gasteiger charge is 1.93. The first-order valence-corrected chi connectivity index (χ1v) is 4.89. The van der Waals surface area contributed by atoms with Gasteiger partial charge in [0.1, 0.15) is 6.33 Å². The largest absolute Gasteiger partial charge is 0.381 e. The molecule has 2 rings (SSSR count). The van der Waals surface area contributed by atoms with Crippen molar-refractivity contribution in [2.24, 2.45) is 0 Å². The maximum atomic E-state index is 3.96. The zero-order chi connectivity index (χ0) is 10.5. The van der Waals surface area contributed by atoms with Gasteiger partial charge in [-0.15, -0.1) is 0 Å². The topological polar surface area (TPSA) is 37.8 Å². The molecule has 0 saturated heterocycles. The summed E-state index contributed by atoms with van der Waals surface area (Å²) in [6.07, 6.45) is 5.16. The van der Waals surface area contributed by atoms with Crippen molar-refractivity contribution in [3.05, 3.63) is 54.1 Å². The zero-order valence-electron chi connectivity index (χ0n) is 8.64. The molecule has 0 atom stereocenters. The summed E-state index contributed by atoms with van der Waals surface area (Å²) in [5.74, 6) is 0. The number of anilines is 1. The van der Waals surface area contributed by atoms with Crippen molar-refractivity contribution < 1.29 is 0 Å². The van der Waals surface area contributed by atoms with E-state index in [0.29, 0.717) is 0 Å². The van der Waals surface area contributed by atoms with Crippen LogP contribution in [0.5, 0.6) is 0 Å². The van der Waals surface area contributed by atoms with E-state index in [9.17, 15) is 0 Å². The van der Waals surface area contributed by atoms with Crippen LogP contribution in [0.25, 0.3) is 0 Å². The van der Waals surface area contributed by atoms with Gasteiger partial charge in [0.25, 0.3) is 0 Å². The molecule has 1 aromatic carbocycles. The van der Waals surface area contributed by atoms with Crippen LogP contribution in [0, 0.1) is 6.92 Å². The van der Waals surface area contributed by atoms with E-state index in [1.54, 1.807) is 0 Å². The van der Waals surface area contributed by atoms with Crippen LogP contribution in [0.4, 0.5) is 5.69 Å². The average Bonchev–Trinajstić information content (AvgIpc) is 2.30. The molecule has 0 radical (unpaired) electrons. The Morgan fingerprint density at radius 3 is 2.40 bits per heavy atom. The van der Waals surface area contributed by atoms with E-state index in [-0.39, 0.29) is 0 Å². The Hall–Kier alpha value is -1.90. The first kappa shape index (κ1) is 9.65. The summed E-state index contributed by atoms with van der Waals surface area (Å²) in [6, 6.07) is 8.31. The van der Waals surface area contributed by atoms with E-state index in [2.05, 4.69) is 46.5 Å². The van der Waals surface area contributed by atoms with Gasteiger partial charge in [0, 0.05) is 30.2 Å². The van der Waals surface area contributed by atoms with E-state index in [4.69, 9.17) is 0 Å². The number of rotatable bonds is 3. The van der Waals surface area contributed by atoms with Crippen molar-refractivity contribution in [2.45, 2.75) is 13.5 Å². The Morgan fingerprint density at radius 2 is 1.73 bits per heavy atom. The zero-order valence-corrected chi connectivity index (χ0v) is 8.64. The van der Waals surface area contributed by atoms with E-state index >= 15 is 0 Å². The third-order valence-electron chi connectivity index (χ3n) is 2.16. The van der Waals surface area contributed by atoms with Gasteiger partial charge in [-0.05, 0) is 19.1 Å². The molecule has 0 aliphatic heterocycles. The maximum absolute atomic E-state index is 3.96. The van der Waals surface area contributed by atoms with Gasteiger partial charge in [-0.25, -0.2) is 9.97 Å². The molecule has 76 valence electrons. The number of aryl methyl sites for hydroxylation is 1. The number of benzene rings is 1. The summed E-state index contributed by atoms with van der Waals surface area (Å²) in [7, 11) is 0. The lowest BCUT2D eigenvalue weighted by Crippen LogP contribution is -1.99. The highest BCUT2D eigenvalue weighted by Crippen LogP contribution is 2.09. The fourth-order valence-electron chi connectivity index (χ4n) is 1.30. The third-order valence-corrected chi connectivity index (χ3v) is 2.16. The molecule has 15 heavy (non-hydrogen) atoms. The molecule has 1 aromatic heterocycles. The average molecular weight is 199 g/mol. The summed E-state index contributed by atoms with van der Waals surface area (Å²) in [5.41, 5.74) is 3.46. The molecule has 2 aromatic rings. The number of aromatic nitrogens is 2. The van der Waals surface area contributed by atoms with Crippen molar-refractivity contribution in [3.8, 4) is 0 Å². The predicted molar refractivity (Wildman–Crippen MR) is 60.5 cm³/mol. The number of hydrogen-bond acceptors (Lipinski definition) is 3. The van der Waals surface area contributed by atoms with E-state index in [0.717, 1.165) is 17.8 Å². The van der Waals surface area contributed by atoms with Crippen LogP contribution in [0.2, 0.25) is 0 Å². The molecule has 1 heterocycles. The Bertz CT molecular complexity index is 409. The molecule has 0 unspecified atom stereocenters. The molecule has 0 aliphatic carbocycles. The quantitative estimate of drug-likeness (QED) is 0.824. The van der Waals surface area contributed by atoms with Crippen molar-refractivity contribution in [2.75, 3.05) is 5.32 Å². The van der Waals surface area contributed by atoms with Gasteiger partial charge in [-0.2, -0.15) is 0 Å². The summed E-state index contributed by atoms with van der Waals surface area (Å²) < 4.78 is 0. The lowest BCUT2D eigenvalue weighted by Gasteiger charge is -2.05. The van der Waals surface area contributed by atoms with E-state index in [1.165, 1.54) is 11.9 Å². The van der Waals surface area contributed by atoms with Crippen LogP contribution < -0.4 is 5.32 Å². The standard InChI is InChI=1S/C12H13N3/c1-10-2-4-12(5-3-10)15-8-11-6-13-9-14-7-11/h2-7,9,15H,8H2,1H3. The first-order valence-electron chi connectivity index (χ1n) is 4.89. The summed E-state index contributed by atoms with van der Waals surface area (Å²) >= 11 is 0. The molecule has 0 aliphatic rings. The molecule has 0 fully saturated rings. The van der Waals surface area contributed by atoms with Crippen LogP contribution in [-0.4, -0.2) is 9.97 Å². The minimum Gasteiger partial charge on any atom is -0.381 e. The van der Waals surface area contributed by atoms with Crippen molar-refractivity contribution >= 4 is 5.69 Å². The number of hydrogen-bond donors (Lipinski definition) is 1. The van der Waals surface area contributed by atoms with Gasteiger partial charge in [-0.1, -0.05) is 17.7 Å². The fourth-order valence-corrected chi connectivity index (χ4v) is 1.30. The third kappa shape index (κ3) is 2.77. The second-order valence-electron chi connectivity index (χ2n) is 3.47. The molecular weight excluding hydrogens is 186 g/mol. The maximum Gasteiger partial charge on any atom is 0.115 e. The van der Waals surface area contributed by atoms with Gasteiger partial charge in [-0.3, -0.25) is 0 Å². The molecule has 0 bridgehead atoms. The van der Waals surface area contributed by atoms with Crippen molar-refractivity contribution in [3.63, 3.8) is 0 Å². The normalized spacial score (nSPS) is 9.93. The van der Waals surface area contributed by atoms with Gasteiger partial charge >= 0.3 is 0 Å². The summed E-state index contributed by atoms with van der Waals surface area (Å²) in [5, 5.41) is 3.31. The predicted octanol–water partition coefficient (Wildman–Crippen LogP) is 2.40. The molecule has 3 heteroatoms. The Morgan fingerprint density at radius 1 is 1.07 bits per heavy atom. The molecular formula is C12H13N3. The molecule has 0 spiro atoms. The van der Waals surface area contributed by atoms with Crippen molar-refractivity contribution in [1.82, 2.24) is 9.97 Å². The second-order valence-corrected chi connectivity index (χ2v) is 3.47. The van der Waals surface area contributed by atoms with Gasteiger partial charge in [0.05, 0.1) is 0 Å². The minimum absolute atomic E-state index is 0.754. The SMILES string of the molecule is Cc1ccc(NCc2cncnc2)cc1. The van der Waals surface area contributed by atoms with Crippen LogP contribution in [0.3, 0.4) is 0 Å². The summed E-state index contributed by atoms with van der Waals surface area (Å²) in [4.78, 5) is 7.92. The Kier molecular flexibility index (Phi) is 2.93. The lowest BCUT2D eigenvalue weighted by atomic mass is 10.2. The number of nitrogens with one attached hydrogen (secondary N) is 1. The van der Waals surface area contributed by atoms with E-state index in [1.807, 2.05) is 12.4 Å².